The third-order valence-corrected chi connectivity index (χ3v) is 3.90. The lowest BCUT2D eigenvalue weighted by Gasteiger charge is -2.07. The number of nitrogens with one attached hydrogen (secondary N) is 1. The zero-order valence-electron chi connectivity index (χ0n) is 8.23. The van der Waals surface area contributed by atoms with Crippen LogP contribution in [-0.2, 0) is 0 Å². The number of H-pyrrole nitrogens is 1. The molecule has 1 atom stereocenters. The van der Waals surface area contributed by atoms with Crippen molar-refractivity contribution in [1.29, 1.82) is 0 Å². The Hall–Kier alpha value is -0.870. The minimum absolute atomic E-state index is 0.0252. The summed E-state index contributed by atoms with van der Waals surface area (Å²) in [6.07, 6.45) is 0. The summed E-state index contributed by atoms with van der Waals surface area (Å²) >= 11 is 4.13. The van der Waals surface area contributed by atoms with Gasteiger partial charge in [-0.25, -0.2) is 0 Å². The second-order valence-corrected chi connectivity index (χ2v) is 4.94. The van der Waals surface area contributed by atoms with Gasteiger partial charge in [-0.3, -0.25) is 4.79 Å². The second kappa shape index (κ2) is 4.33. The fourth-order valence-corrected chi connectivity index (χ4v) is 2.15. The topological polar surface area (TPSA) is 32.9 Å². The summed E-state index contributed by atoms with van der Waals surface area (Å²) in [6, 6.07) is 9.70. The lowest BCUT2D eigenvalue weighted by atomic mass is 10.1. The van der Waals surface area contributed by atoms with Crippen LogP contribution in [0, 0.1) is 0 Å². The molecule has 0 aliphatic rings. The van der Waals surface area contributed by atoms with Crippen LogP contribution in [0.1, 0.15) is 17.7 Å². The highest BCUT2D eigenvalue weighted by molar-refractivity contribution is 8.68. The van der Waals surface area contributed by atoms with Crippen molar-refractivity contribution in [2.75, 3.05) is 0 Å². The Morgan fingerprint density at radius 2 is 2.13 bits per heavy atom. The second-order valence-electron chi connectivity index (χ2n) is 3.39. The van der Waals surface area contributed by atoms with Gasteiger partial charge in [-0.1, -0.05) is 29.0 Å². The number of aromatic amines is 1. The molecule has 0 amide bonds. The zero-order chi connectivity index (χ0) is 10.8. The number of benzene rings is 1. The minimum atomic E-state index is -0.0252. The molecular formula is C11H11NOS2. The number of para-hydroxylation sites is 1. The van der Waals surface area contributed by atoms with E-state index < -0.39 is 0 Å². The first-order valence-electron chi connectivity index (χ1n) is 4.64. The Bertz CT molecular complexity index is 535. The number of thiol groups is 1. The number of fused-ring (bicyclic) bond motifs is 1. The molecule has 0 saturated heterocycles. The van der Waals surface area contributed by atoms with Gasteiger partial charge < -0.3 is 4.98 Å². The van der Waals surface area contributed by atoms with E-state index in [2.05, 4.69) is 16.6 Å². The minimum Gasteiger partial charge on any atom is -0.322 e. The molecule has 1 heterocycles. The quantitative estimate of drug-likeness (QED) is 0.621. The van der Waals surface area contributed by atoms with Crippen molar-refractivity contribution in [3.63, 3.8) is 0 Å². The van der Waals surface area contributed by atoms with E-state index in [9.17, 15) is 4.79 Å². The normalized spacial score (nSPS) is 12.9. The summed E-state index contributed by atoms with van der Waals surface area (Å²) in [7, 11) is 1.38. The van der Waals surface area contributed by atoms with Crippen molar-refractivity contribution in [2.24, 2.45) is 0 Å². The van der Waals surface area contributed by atoms with Gasteiger partial charge in [0.25, 0.3) is 5.56 Å². The predicted octanol–water partition coefficient (Wildman–Crippen LogP) is 3.17. The smallest absolute Gasteiger partial charge is 0.252 e. The highest BCUT2D eigenvalue weighted by atomic mass is 33.1. The van der Waals surface area contributed by atoms with E-state index >= 15 is 0 Å². The molecule has 0 saturated carbocycles. The average molecular weight is 237 g/mol. The van der Waals surface area contributed by atoms with Crippen LogP contribution in [0.15, 0.2) is 35.1 Å². The van der Waals surface area contributed by atoms with E-state index in [0.29, 0.717) is 0 Å². The van der Waals surface area contributed by atoms with Crippen molar-refractivity contribution >= 4 is 33.4 Å². The monoisotopic (exact) mass is 237 g/mol. The van der Waals surface area contributed by atoms with Gasteiger partial charge in [-0.05, 0) is 24.4 Å². The lowest BCUT2D eigenvalue weighted by Crippen LogP contribution is -2.12. The summed E-state index contributed by atoms with van der Waals surface area (Å²) in [5.41, 5.74) is 1.62. The first-order valence-corrected chi connectivity index (χ1v) is 6.58. The van der Waals surface area contributed by atoms with Gasteiger partial charge in [0, 0.05) is 16.3 Å². The molecule has 2 rings (SSSR count). The van der Waals surface area contributed by atoms with Gasteiger partial charge in [-0.2, -0.15) is 0 Å². The summed E-state index contributed by atoms with van der Waals surface area (Å²) in [6.45, 7) is 1.97. The highest BCUT2D eigenvalue weighted by Gasteiger charge is 2.09. The van der Waals surface area contributed by atoms with Gasteiger partial charge >= 0.3 is 0 Å². The lowest BCUT2D eigenvalue weighted by molar-refractivity contribution is 1.06. The molecule has 0 fully saturated rings. The zero-order valence-corrected chi connectivity index (χ0v) is 9.94. The Kier molecular flexibility index (Phi) is 3.07. The first kappa shape index (κ1) is 10.6. The number of rotatable bonds is 2. The molecule has 4 heteroatoms. The van der Waals surface area contributed by atoms with Crippen molar-refractivity contribution in [3.05, 3.63) is 46.2 Å². The van der Waals surface area contributed by atoms with Crippen LogP contribution in [0.4, 0.5) is 0 Å². The number of pyridine rings is 1. The van der Waals surface area contributed by atoms with Gasteiger partial charge in [0.1, 0.15) is 0 Å². The third-order valence-electron chi connectivity index (χ3n) is 2.38. The molecular weight excluding hydrogens is 226 g/mol. The van der Waals surface area contributed by atoms with Crippen LogP contribution in [0.3, 0.4) is 0 Å². The third kappa shape index (κ3) is 2.06. The molecule has 1 aromatic heterocycles. The van der Waals surface area contributed by atoms with Gasteiger partial charge in [-0.15, -0.1) is 11.7 Å². The van der Waals surface area contributed by atoms with E-state index in [1.165, 1.54) is 10.8 Å². The van der Waals surface area contributed by atoms with E-state index in [-0.39, 0.29) is 10.8 Å². The van der Waals surface area contributed by atoms with Crippen LogP contribution >= 0.6 is 22.5 Å². The standard InChI is InChI=1S/C11H11NOS2/c1-7(15-14)9-6-8-4-2-3-5-10(8)12-11(9)13/h2-7,14H,1H3,(H,12,13). The van der Waals surface area contributed by atoms with Crippen molar-refractivity contribution < 1.29 is 0 Å². The van der Waals surface area contributed by atoms with Crippen LogP contribution in [-0.4, -0.2) is 4.98 Å². The Morgan fingerprint density at radius 3 is 2.87 bits per heavy atom. The maximum absolute atomic E-state index is 11.7. The van der Waals surface area contributed by atoms with Crippen molar-refractivity contribution in [1.82, 2.24) is 4.98 Å². The molecule has 1 unspecified atom stereocenters. The SMILES string of the molecule is CC(SS)c1cc2ccccc2[nH]c1=O. The maximum atomic E-state index is 11.7. The van der Waals surface area contributed by atoms with E-state index in [1.807, 2.05) is 37.3 Å². The van der Waals surface area contributed by atoms with Crippen molar-refractivity contribution in [2.45, 2.75) is 12.2 Å². The number of aromatic nitrogens is 1. The molecule has 0 aliphatic heterocycles. The molecule has 1 aromatic carbocycles. The fraction of sp³-hybridized carbons (Fsp3) is 0.182. The Morgan fingerprint density at radius 1 is 1.40 bits per heavy atom. The molecule has 0 spiro atoms. The maximum Gasteiger partial charge on any atom is 0.252 e. The summed E-state index contributed by atoms with van der Waals surface area (Å²) in [5.74, 6) is 0. The fourth-order valence-electron chi connectivity index (χ4n) is 1.52. The van der Waals surface area contributed by atoms with Gasteiger partial charge in [0.05, 0.1) is 0 Å². The molecule has 0 aliphatic carbocycles. The van der Waals surface area contributed by atoms with Crippen molar-refractivity contribution in [3.8, 4) is 0 Å². The van der Waals surface area contributed by atoms with Gasteiger partial charge in [0.2, 0.25) is 0 Å². The predicted molar refractivity (Wildman–Crippen MR) is 69.6 cm³/mol. The average Bonchev–Trinajstić information content (AvgIpc) is 2.27. The molecule has 2 aromatic rings. The van der Waals surface area contributed by atoms with E-state index in [0.717, 1.165) is 16.5 Å². The summed E-state index contributed by atoms with van der Waals surface area (Å²) in [4.78, 5) is 14.6. The van der Waals surface area contributed by atoms with Crippen LogP contribution in [0.5, 0.6) is 0 Å². The largest absolute Gasteiger partial charge is 0.322 e. The summed E-state index contributed by atoms with van der Waals surface area (Å²) in [5, 5.41) is 1.16. The molecule has 78 valence electrons. The van der Waals surface area contributed by atoms with Crippen LogP contribution in [0.2, 0.25) is 0 Å². The number of hydrogen-bond donors (Lipinski definition) is 2. The van der Waals surface area contributed by atoms with E-state index in [4.69, 9.17) is 0 Å². The molecule has 1 N–H and O–H groups in total. The Balaban J connectivity index is 2.67. The Labute approximate surface area is 96.9 Å². The number of hydrogen-bond acceptors (Lipinski definition) is 3. The highest BCUT2D eigenvalue weighted by Crippen LogP contribution is 2.29. The van der Waals surface area contributed by atoms with Crippen LogP contribution in [0.25, 0.3) is 10.9 Å². The molecule has 0 radical (unpaired) electrons. The molecule has 0 bridgehead atoms. The van der Waals surface area contributed by atoms with Crippen LogP contribution < -0.4 is 5.56 Å². The summed E-state index contributed by atoms with van der Waals surface area (Å²) < 4.78 is 0. The van der Waals surface area contributed by atoms with E-state index in [1.54, 1.807) is 0 Å². The molecule has 15 heavy (non-hydrogen) atoms. The molecule has 2 nitrogen and oxygen atoms in total. The first-order chi connectivity index (χ1) is 7.22. The van der Waals surface area contributed by atoms with Gasteiger partial charge in [0.15, 0.2) is 0 Å².